The van der Waals surface area contributed by atoms with E-state index in [0.29, 0.717) is 6.07 Å². The Labute approximate surface area is 111 Å². The standard InChI is InChI=1S/C11H11BrClF2NO/c1-5(2)9(12)11(17)16-10-7(13)3-6(14)4-8(10)15/h3-5,9H,1-2H3,(H,16,17). The van der Waals surface area contributed by atoms with Gasteiger partial charge in [-0.3, -0.25) is 4.79 Å². The Hall–Kier alpha value is -0.680. The van der Waals surface area contributed by atoms with Crippen molar-refractivity contribution in [1.29, 1.82) is 0 Å². The van der Waals surface area contributed by atoms with Crippen LogP contribution in [0.5, 0.6) is 0 Å². The summed E-state index contributed by atoms with van der Waals surface area (Å²) in [6.07, 6.45) is 0. The van der Waals surface area contributed by atoms with Crippen molar-refractivity contribution < 1.29 is 13.6 Å². The minimum Gasteiger partial charge on any atom is -0.321 e. The molecule has 1 aromatic carbocycles. The highest BCUT2D eigenvalue weighted by atomic mass is 79.9. The van der Waals surface area contributed by atoms with Gasteiger partial charge in [0.1, 0.15) is 5.82 Å². The quantitative estimate of drug-likeness (QED) is 0.837. The van der Waals surface area contributed by atoms with E-state index >= 15 is 0 Å². The fourth-order valence-corrected chi connectivity index (χ4v) is 1.51. The van der Waals surface area contributed by atoms with Crippen LogP contribution in [-0.2, 0) is 4.79 Å². The van der Waals surface area contributed by atoms with Gasteiger partial charge in [0.2, 0.25) is 5.91 Å². The highest BCUT2D eigenvalue weighted by Gasteiger charge is 2.21. The molecule has 0 aliphatic heterocycles. The van der Waals surface area contributed by atoms with E-state index in [-0.39, 0.29) is 16.6 Å². The van der Waals surface area contributed by atoms with E-state index in [1.54, 1.807) is 0 Å². The molecule has 0 fully saturated rings. The van der Waals surface area contributed by atoms with Crippen LogP contribution < -0.4 is 5.32 Å². The molecule has 6 heteroatoms. The molecule has 1 unspecified atom stereocenters. The molecule has 94 valence electrons. The molecule has 0 spiro atoms. The monoisotopic (exact) mass is 325 g/mol. The predicted molar refractivity (Wildman–Crippen MR) is 67.6 cm³/mol. The van der Waals surface area contributed by atoms with Gasteiger partial charge in [0.15, 0.2) is 5.82 Å². The number of carbonyl (C=O) groups is 1. The summed E-state index contributed by atoms with van der Waals surface area (Å²) < 4.78 is 26.2. The molecule has 0 radical (unpaired) electrons. The molecule has 1 atom stereocenters. The maximum Gasteiger partial charge on any atom is 0.238 e. The number of halogens is 4. The van der Waals surface area contributed by atoms with Crippen molar-refractivity contribution in [2.45, 2.75) is 18.7 Å². The molecule has 0 aliphatic rings. The smallest absolute Gasteiger partial charge is 0.238 e. The van der Waals surface area contributed by atoms with E-state index in [9.17, 15) is 13.6 Å². The van der Waals surface area contributed by atoms with Gasteiger partial charge in [0.05, 0.1) is 15.5 Å². The normalized spacial score (nSPS) is 12.6. The van der Waals surface area contributed by atoms with E-state index in [0.717, 1.165) is 6.07 Å². The molecule has 0 aliphatic carbocycles. The van der Waals surface area contributed by atoms with Gasteiger partial charge >= 0.3 is 0 Å². The number of alkyl halides is 1. The Morgan fingerprint density at radius 1 is 1.41 bits per heavy atom. The van der Waals surface area contributed by atoms with Gasteiger partial charge in [-0.25, -0.2) is 8.78 Å². The van der Waals surface area contributed by atoms with Crippen molar-refractivity contribution >= 4 is 39.1 Å². The lowest BCUT2D eigenvalue weighted by Crippen LogP contribution is -2.27. The number of anilines is 1. The molecule has 17 heavy (non-hydrogen) atoms. The number of benzene rings is 1. The minimum absolute atomic E-state index is 0.0392. The molecule has 1 N–H and O–H groups in total. The second-order valence-corrected chi connectivity index (χ2v) is 5.27. The topological polar surface area (TPSA) is 29.1 Å². The van der Waals surface area contributed by atoms with Gasteiger partial charge < -0.3 is 5.32 Å². The van der Waals surface area contributed by atoms with Gasteiger partial charge in [-0.05, 0) is 12.0 Å². The summed E-state index contributed by atoms with van der Waals surface area (Å²) >= 11 is 8.83. The first kappa shape index (κ1) is 14.4. The molecule has 2 nitrogen and oxygen atoms in total. The van der Waals surface area contributed by atoms with Gasteiger partial charge in [-0.15, -0.1) is 0 Å². The molecule has 1 rings (SSSR count). The Morgan fingerprint density at radius 2 is 2.00 bits per heavy atom. The molecular weight excluding hydrogens is 315 g/mol. The third kappa shape index (κ3) is 3.64. The van der Waals surface area contributed by atoms with Crippen molar-refractivity contribution in [3.05, 3.63) is 28.8 Å². The minimum atomic E-state index is -0.896. The lowest BCUT2D eigenvalue weighted by atomic mass is 10.1. The maximum absolute atomic E-state index is 13.4. The zero-order valence-corrected chi connectivity index (χ0v) is 11.6. The van der Waals surface area contributed by atoms with Crippen molar-refractivity contribution in [1.82, 2.24) is 0 Å². The molecule has 1 amide bonds. The first-order valence-electron chi connectivity index (χ1n) is 4.92. The molecular formula is C11H11BrClF2NO. The van der Waals surface area contributed by atoms with Crippen LogP contribution in [0.25, 0.3) is 0 Å². The SMILES string of the molecule is CC(C)C(Br)C(=O)Nc1c(F)cc(F)cc1Cl. The lowest BCUT2D eigenvalue weighted by molar-refractivity contribution is -0.116. The predicted octanol–water partition coefficient (Wildman–Crippen LogP) is 3.98. The fourth-order valence-electron chi connectivity index (χ4n) is 1.16. The average molecular weight is 327 g/mol. The third-order valence-corrected chi connectivity index (χ3v) is 3.86. The second-order valence-electron chi connectivity index (χ2n) is 3.88. The van der Waals surface area contributed by atoms with E-state index in [2.05, 4.69) is 21.2 Å². The summed E-state index contributed by atoms with van der Waals surface area (Å²) in [5.41, 5.74) is -0.205. The molecule has 0 heterocycles. The number of rotatable bonds is 3. The van der Waals surface area contributed by atoms with Crippen LogP contribution in [-0.4, -0.2) is 10.7 Å². The van der Waals surface area contributed by atoms with Crippen LogP contribution in [0.2, 0.25) is 5.02 Å². The average Bonchev–Trinajstić information content (AvgIpc) is 2.21. The van der Waals surface area contributed by atoms with Crippen LogP contribution in [0.15, 0.2) is 12.1 Å². The Bertz CT molecular complexity index is 416. The van der Waals surface area contributed by atoms with Crippen molar-refractivity contribution in [3.63, 3.8) is 0 Å². The third-order valence-electron chi connectivity index (χ3n) is 2.09. The zero-order chi connectivity index (χ0) is 13.2. The largest absolute Gasteiger partial charge is 0.321 e. The Kier molecular flexibility index (Phi) is 4.89. The van der Waals surface area contributed by atoms with E-state index in [1.165, 1.54) is 0 Å². The number of nitrogens with one attached hydrogen (secondary N) is 1. The van der Waals surface area contributed by atoms with Crippen LogP contribution in [0.1, 0.15) is 13.8 Å². The summed E-state index contributed by atoms with van der Waals surface area (Å²) in [6.45, 7) is 3.67. The summed E-state index contributed by atoms with van der Waals surface area (Å²) in [6, 6.07) is 1.61. The van der Waals surface area contributed by atoms with Gasteiger partial charge in [-0.1, -0.05) is 41.4 Å². The Balaban J connectivity index is 2.93. The van der Waals surface area contributed by atoms with Crippen LogP contribution in [0, 0.1) is 17.6 Å². The summed E-state index contributed by atoms with van der Waals surface area (Å²) in [7, 11) is 0. The molecule has 0 saturated carbocycles. The van der Waals surface area contributed by atoms with Crippen molar-refractivity contribution in [2.75, 3.05) is 5.32 Å². The summed E-state index contributed by atoms with van der Waals surface area (Å²) in [5, 5.41) is 2.16. The molecule has 0 saturated heterocycles. The van der Waals surface area contributed by atoms with E-state index in [1.807, 2.05) is 13.8 Å². The van der Waals surface area contributed by atoms with Gasteiger partial charge in [0.25, 0.3) is 0 Å². The van der Waals surface area contributed by atoms with Crippen molar-refractivity contribution in [3.8, 4) is 0 Å². The number of hydrogen-bond acceptors (Lipinski definition) is 1. The maximum atomic E-state index is 13.4. The van der Waals surface area contributed by atoms with Gasteiger partial charge in [0, 0.05) is 6.07 Å². The van der Waals surface area contributed by atoms with E-state index < -0.39 is 22.4 Å². The zero-order valence-electron chi connectivity index (χ0n) is 9.23. The highest BCUT2D eigenvalue weighted by molar-refractivity contribution is 9.10. The molecule has 0 bridgehead atoms. The first-order valence-corrected chi connectivity index (χ1v) is 6.21. The first-order chi connectivity index (χ1) is 7.82. The summed E-state index contributed by atoms with van der Waals surface area (Å²) in [5.74, 6) is -2.07. The highest BCUT2D eigenvalue weighted by Crippen LogP contribution is 2.27. The lowest BCUT2D eigenvalue weighted by Gasteiger charge is -2.15. The number of carbonyl (C=O) groups excluding carboxylic acids is 1. The summed E-state index contributed by atoms with van der Waals surface area (Å²) in [4.78, 5) is 11.2. The Morgan fingerprint density at radius 3 is 2.47 bits per heavy atom. The number of amides is 1. The van der Waals surface area contributed by atoms with E-state index in [4.69, 9.17) is 11.6 Å². The second kappa shape index (κ2) is 5.78. The van der Waals surface area contributed by atoms with Crippen molar-refractivity contribution in [2.24, 2.45) is 5.92 Å². The molecule has 0 aromatic heterocycles. The molecule has 1 aromatic rings. The van der Waals surface area contributed by atoms with Crippen LogP contribution >= 0.6 is 27.5 Å². The van der Waals surface area contributed by atoms with Gasteiger partial charge in [-0.2, -0.15) is 0 Å². The van der Waals surface area contributed by atoms with Crippen LogP contribution in [0.4, 0.5) is 14.5 Å². The van der Waals surface area contributed by atoms with Crippen LogP contribution in [0.3, 0.4) is 0 Å². The fraction of sp³-hybridized carbons (Fsp3) is 0.364. The number of hydrogen-bond donors (Lipinski definition) is 1.